The predicted octanol–water partition coefficient (Wildman–Crippen LogP) is 2.66. The number of methoxy groups -OCH3 is 1. The molecule has 0 atom stereocenters. The summed E-state index contributed by atoms with van der Waals surface area (Å²) in [6.45, 7) is 0. The molecule has 0 saturated carbocycles. The van der Waals surface area contributed by atoms with Gasteiger partial charge in [-0.15, -0.1) is 0 Å². The topological polar surface area (TPSA) is 70.3 Å². The third-order valence-electron chi connectivity index (χ3n) is 1.87. The van der Waals surface area contributed by atoms with Crippen LogP contribution in [-0.2, 0) is 4.74 Å². The molecule has 0 aliphatic heterocycles. The first-order valence-electron chi connectivity index (χ1n) is 4.40. The number of hydrogen-bond acceptors (Lipinski definition) is 5. The van der Waals surface area contributed by atoms with Crippen molar-refractivity contribution in [2.75, 3.05) is 7.11 Å². The quantitative estimate of drug-likeness (QED) is 0.664. The summed E-state index contributed by atoms with van der Waals surface area (Å²) < 4.78 is 41.2. The maximum atomic E-state index is 12.3. The molecule has 0 unspecified atom stereocenters. The number of nitrogens with zero attached hydrogens (tertiary/aromatic N) is 1. The summed E-state index contributed by atoms with van der Waals surface area (Å²) in [5.41, 5.74) is -5.76. The molecule has 0 aromatic heterocycles. The maximum Gasteiger partial charge on any atom is 0.446 e. The molecule has 1 rings (SSSR count). The zero-order valence-electron chi connectivity index (χ0n) is 8.91. The first-order chi connectivity index (χ1) is 8.30. The van der Waals surface area contributed by atoms with E-state index >= 15 is 0 Å². The van der Waals surface area contributed by atoms with Crippen LogP contribution in [0.5, 0.6) is 5.75 Å². The highest BCUT2D eigenvalue weighted by Gasteiger charge is 2.33. The normalized spacial score (nSPS) is 10.8. The highest BCUT2D eigenvalue weighted by molar-refractivity contribution is 8.00. The van der Waals surface area contributed by atoms with Gasteiger partial charge in [0.25, 0.3) is 0 Å². The summed E-state index contributed by atoms with van der Waals surface area (Å²) in [6.07, 6.45) is 0. The van der Waals surface area contributed by atoms with Gasteiger partial charge in [-0.1, -0.05) is 0 Å². The molecule has 0 radical (unpaired) electrons. The van der Waals surface area contributed by atoms with Gasteiger partial charge in [-0.05, 0) is 23.9 Å². The lowest BCUT2D eigenvalue weighted by Crippen LogP contribution is -2.09. The predicted molar refractivity (Wildman–Crippen MR) is 56.1 cm³/mol. The Labute approximate surface area is 104 Å². The molecular formula is C10H6F3NO3S. The van der Waals surface area contributed by atoms with Gasteiger partial charge in [0, 0.05) is 4.90 Å². The van der Waals surface area contributed by atoms with Crippen molar-refractivity contribution < 1.29 is 27.8 Å². The fourth-order valence-corrected chi connectivity index (χ4v) is 1.87. The van der Waals surface area contributed by atoms with Gasteiger partial charge < -0.3 is 9.84 Å². The van der Waals surface area contributed by atoms with Crippen molar-refractivity contribution in [1.82, 2.24) is 0 Å². The van der Waals surface area contributed by atoms with Gasteiger partial charge in [0.05, 0.1) is 12.7 Å². The van der Waals surface area contributed by atoms with E-state index in [4.69, 9.17) is 5.26 Å². The summed E-state index contributed by atoms with van der Waals surface area (Å²) in [6, 6.07) is 3.29. The van der Waals surface area contributed by atoms with E-state index in [1.54, 1.807) is 0 Å². The van der Waals surface area contributed by atoms with E-state index in [-0.39, 0.29) is 0 Å². The Bertz CT molecular complexity index is 522. The Morgan fingerprint density at radius 2 is 2.11 bits per heavy atom. The van der Waals surface area contributed by atoms with E-state index < -0.39 is 45.0 Å². The van der Waals surface area contributed by atoms with Gasteiger partial charge in [0.1, 0.15) is 17.4 Å². The molecule has 0 bridgehead atoms. The van der Waals surface area contributed by atoms with Crippen molar-refractivity contribution in [3.8, 4) is 11.8 Å². The van der Waals surface area contributed by atoms with Crippen LogP contribution in [-0.4, -0.2) is 23.7 Å². The molecule has 0 fully saturated rings. The average Bonchev–Trinajstić information content (AvgIpc) is 2.28. The number of carbonyl (C=O) groups excluding carboxylic acids is 1. The van der Waals surface area contributed by atoms with Crippen LogP contribution in [0.15, 0.2) is 17.0 Å². The number of alkyl halides is 3. The Morgan fingerprint density at radius 3 is 2.56 bits per heavy atom. The number of phenols is 1. The van der Waals surface area contributed by atoms with Gasteiger partial charge in [-0.25, -0.2) is 4.79 Å². The number of nitriles is 1. The molecule has 18 heavy (non-hydrogen) atoms. The lowest BCUT2D eigenvalue weighted by atomic mass is 10.1. The van der Waals surface area contributed by atoms with Gasteiger partial charge in [-0.3, -0.25) is 0 Å². The molecule has 4 nitrogen and oxygen atoms in total. The second kappa shape index (κ2) is 5.18. The molecule has 0 heterocycles. The molecule has 1 N–H and O–H groups in total. The van der Waals surface area contributed by atoms with Crippen molar-refractivity contribution >= 4 is 17.7 Å². The minimum atomic E-state index is -4.62. The monoisotopic (exact) mass is 277 g/mol. The van der Waals surface area contributed by atoms with Crippen LogP contribution in [0.4, 0.5) is 13.2 Å². The van der Waals surface area contributed by atoms with Gasteiger partial charge >= 0.3 is 11.5 Å². The van der Waals surface area contributed by atoms with E-state index in [9.17, 15) is 23.1 Å². The lowest BCUT2D eigenvalue weighted by Gasteiger charge is -2.11. The molecule has 0 spiro atoms. The first kappa shape index (κ1) is 14.2. The molecule has 0 saturated heterocycles. The van der Waals surface area contributed by atoms with Crippen LogP contribution >= 0.6 is 11.8 Å². The van der Waals surface area contributed by atoms with Crippen LogP contribution in [0, 0.1) is 11.3 Å². The number of esters is 1. The third kappa shape index (κ3) is 3.07. The SMILES string of the molecule is COC(=O)c1c(SC(F)(F)F)ccc(O)c1C#N. The van der Waals surface area contributed by atoms with E-state index in [2.05, 4.69) is 4.74 Å². The zero-order valence-corrected chi connectivity index (χ0v) is 9.72. The molecular weight excluding hydrogens is 271 g/mol. The van der Waals surface area contributed by atoms with Gasteiger partial charge in [0.15, 0.2) is 0 Å². The number of phenolic OH excluding ortho intramolecular Hbond substituents is 1. The van der Waals surface area contributed by atoms with Crippen molar-refractivity contribution in [3.05, 3.63) is 23.3 Å². The highest BCUT2D eigenvalue weighted by Crippen LogP contribution is 2.41. The molecule has 96 valence electrons. The van der Waals surface area contributed by atoms with Crippen molar-refractivity contribution in [3.63, 3.8) is 0 Å². The number of aromatic hydroxyl groups is 1. The minimum Gasteiger partial charge on any atom is -0.507 e. The lowest BCUT2D eigenvalue weighted by molar-refractivity contribution is -0.0328. The Balaban J connectivity index is 3.44. The van der Waals surface area contributed by atoms with Crippen molar-refractivity contribution in [1.29, 1.82) is 5.26 Å². The fraction of sp³-hybridized carbons (Fsp3) is 0.200. The first-order valence-corrected chi connectivity index (χ1v) is 5.22. The molecule has 1 aromatic carbocycles. The average molecular weight is 277 g/mol. The second-order valence-electron chi connectivity index (χ2n) is 2.98. The van der Waals surface area contributed by atoms with Gasteiger partial charge in [0.2, 0.25) is 0 Å². The number of carbonyl (C=O) groups is 1. The fourth-order valence-electron chi connectivity index (χ4n) is 1.20. The number of hydrogen-bond donors (Lipinski definition) is 1. The zero-order chi connectivity index (χ0) is 13.9. The van der Waals surface area contributed by atoms with Crippen LogP contribution in [0.1, 0.15) is 15.9 Å². The van der Waals surface area contributed by atoms with Crippen LogP contribution < -0.4 is 0 Å². The van der Waals surface area contributed by atoms with Crippen molar-refractivity contribution in [2.24, 2.45) is 0 Å². The summed E-state index contributed by atoms with van der Waals surface area (Å²) in [5, 5.41) is 18.1. The summed E-state index contributed by atoms with van der Waals surface area (Å²) in [7, 11) is 0.968. The maximum absolute atomic E-state index is 12.3. The Kier molecular flexibility index (Phi) is 4.08. The smallest absolute Gasteiger partial charge is 0.446 e. The largest absolute Gasteiger partial charge is 0.507 e. The number of ether oxygens (including phenoxy) is 1. The van der Waals surface area contributed by atoms with Crippen molar-refractivity contribution in [2.45, 2.75) is 10.4 Å². The number of thioether (sulfide) groups is 1. The number of halogens is 3. The summed E-state index contributed by atoms with van der Waals surface area (Å²) in [4.78, 5) is 10.9. The Morgan fingerprint density at radius 1 is 1.50 bits per heavy atom. The standard InChI is InChI=1S/C10H6F3NO3S/c1-17-9(16)8-5(4-14)6(15)2-3-7(8)18-10(11,12)13/h2-3,15H,1H3. The summed E-state index contributed by atoms with van der Waals surface area (Å²) >= 11 is -0.554. The second-order valence-corrected chi connectivity index (χ2v) is 4.09. The molecule has 8 heteroatoms. The van der Waals surface area contributed by atoms with E-state index in [1.807, 2.05) is 0 Å². The van der Waals surface area contributed by atoms with E-state index in [1.165, 1.54) is 6.07 Å². The molecule has 1 aromatic rings. The van der Waals surface area contributed by atoms with Gasteiger partial charge in [-0.2, -0.15) is 18.4 Å². The van der Waals surface area contributed by atoms with E-state index in [0.29, 0.717) is 0 Å². The van der Waals surface area contributed by atoms with Crippen LogP contribution in [0.2, 0.25) is 0 Å². The van der Waals surface area contributed by atoms with Crippen LogP contribution in [0.25, 0.3) is 0 Å². The molecule has 0 aliphatic rings. The molecule has 0 aliphatic carbocycles. The van der Waals surface area contributed by atoms with Crippen LogP contribution in [0.3, 0.4) is 0 Å². The summed E-state index contributed by atoms with van der Waals surface area (Å²) in [5.74, 6) is -1.70. The third-order valence-corrected chi connectivity index (χ3v) is 2.66. The molecule has 0 amide bonds. The minimum absolute atomic E-state index is 0.497. The highest BCUT2D eigenvalue weighted by atomic mass is 32.2. The Hall–Kier alpha value is -1.88. The number of rotatable bonds is 2. The van der Waals surface area contributed by atoms with E-state index in [0.717, 1.165) is 19.2 Å². The number of benzene rings is 1.